The molecule has 3 heterocycles. The minimum Gasteiger partial charge on any atom is -0.478 e. The van der Waals surface area contributed by atoms with Crippen LogP contribution in [0.25, 0.3) is 11.0 Å². The second kappa shape index (κ2) is 9.21. The third kappa shape index (κ3) is 4.29. The van der Waals surface area contributed by atoms with Gasteiger partial charge in [0.25, 0.3) is 5.88 Å². The lowest BCUT2D eigenvalue weighted by atomic mass is 9.96. The molecule has 1 atom stereocenters. The van der Waals surface area contributed by atoms with Gasteiger partial charge in [0.1, 0.15) is 5.82 Å². The number of rotatable bonds is 4. The summed E-state index contributed by atoms with van der Waals surface area (Å²) in [5.74, 6) is 1.03. The predicted molar refractivity (Wildman–Crippen MR) is 126 cm³/mol. The first-order chi connectivity index (χ1) is 16.1. The maximum absolute atomic E-state index is 14.1. The molecule has 0 unspecified atom stereocenters. The van der Waals surface area contributed by atoms with Crippen LogP contribution in [0, 0.1) is 11.7 Å². The van der Waals surface area contributed by atoms with Crippen LogP contribution in [0.1, 0.15) is 12.8 Å². The van der Waals surface area contributed by atoms with Gasteiger partial charge in [0.15, 0.2) is 5.82 Å². The molecular weight excluding hydrogens is 421 g/mol. The normalized spacial score (nSPS) is 19.1. The summed E-state index contributed by atoms with van der Waals surface area (Å²) in [6.45, 7) is 3.87. The number of piperidine rings is 1. The van der Waals surface area contributed by atoms with E-state index in [4.69, 9.17) is 9.72 Å². The summed E-state index contributed by atoms with van der Waals surface area (Å²) in [6, 6.07) is 14.5. The maximum Gasteiger partial charge on any atom is 0.257 e. The third-order valence-corrected chi connectivity index (χ3v) is 6.57. The summed E-state index contributed by atoms with van der Waals surface area (Å²) in [5, 5.41) is 0. The minimum absolute atomic E-state index is 0.100. The Bertz CT molecular complexity index is 1150. The Morgan fingerprint density at radius 2 is 1.64 bits per heavy atom. The molecule has 2 aromatic carbocycles. The van der Waals surface area contributed by atoms with Crippen LogP contribution in [-0.2, 0) is 4.79 Å². The number of aromatic nitrogens is 2. The molecule has 8 heteroatoms. The second-order valence-electron chi connectivity index (χ2n) is 8.59. The SMILES string of the molecule is COc1nc2ccccc2nc1N1CCC[C@H](C(=O)N2CCN(c3ccccc3F)CC2)C1. The molecule has 0 aliphatic carbocycles. The molecule has 3 aromatic rings. The van der Waals surface area contributed by atoms with E-state index in [1.165, 1.54) is 6.07 Å². The molecule has 0 saturated carbocycles. The molecule has 2 fully saturated rings. The number of fused-ring (bicyclic) bond motifs is 1. The number of nitrogens with zero attached hydrogens (tertiary/aromatic N) is 5. The van der Waals surface area contributed by atoms with Gasteiger partial charge in [0.05, 0.1) is 29.7 Å². The van der Waals surface area contributed by atoms with Crippen molar-refractivity contribution in [1.29, 1.82) is 0 Å². The molecule has 172 valence electrons. The number of ether oxygens (including phenoxy) is 1. The molecule has 33 heavy (non-hydrogen) atoms. The number of halogens is 1. The van der Waals surface area contributed by atoms with Crippen molar-refractivity contribution in [3.63, 3.8) is 0 Å². The molecule has 1 aromatic heterocycles. The molecule has 2 aliphatic rings. The molecule has 1 amide bonds. The standard InChI is InChI=1S/C25H28FN5O2/c1-33-24-23(27-20-9-3-4-10-21(20)28-24)31-12-6-7-18(17-31)25(32)30-15-13-29(14-16-30)22-11-5-2-8-19(22)26/h2-5,8-11,18H,6-7,12-17H2,1H3/t18-/m0/s1. The highest BCUT2D eigenvalue weighted by Gasteiger charge is 2.33. The summed E-state index contributed by atoms with van der Waals surface area (Å²) in [5.41, 5.74) is 2.21. The first-order valence-corrected chi connectivity index (χ1v) is 11.5. The lowest BCUT2D eigenvalue weighted by Gasteiger charge is -2.40. The van der Waals surface area contributed by atoms with E-state index in [1.54, 1.807) is 19.2 Å². The highest BCUT2D eigenvalue weighted by atomic mass is 19.1. The van der Waals surface area contributed by atoms with E-state index in [9.17, 15) is 9.18 Å². The summed E-state index contributed by atoms with van der Waals surface area (Å²) in [6.07, 6.45) is 1.76. The fourth-order valence-electron chi connectivity index (χ4n) is 4.82. The van der Waals surface area contributed by atoms with E-state index in [-0.39, 0.29) is 17.6 Å². The molecule has 2 aliphatic heterocycles. The van der Waals surface area contributed by atoms with Crippen molar-refractivity contribution >= 4 is 28.4 Å². The fourth-order valence-corrected chi connectivity index (χ4v) is 4.82. The van der Waals surface area contributed by atoms with E-state index >= 15 is 0 Å². The van der Waals surface area contributed by atoms with Crippen molar-refractivity contribution in [2.24, 2.45) is 5.92 Å². The lowest BCUT2D eigenvalue weighted by molar-refractivity contribution is -0.136. The number of carbonyl (C=O) groups is 1. The van der Waals surface area contributed by atoms with Gasteiger partial charge < -0.3 is 19.4 Å². The van der Waals surface area contributed by atoms with Crippen LogP contribution in [0.2, 0.25) is 0 Å². The smallest absolute Gasteiger partial charge is 0.257 e. The third-order valence-electron chi connectivity index (χ3n) is 6.57. The topological polar surface area (TPSA) is 61.8 Å². The van der Waals surface area contributed by atoms with Crippen LogP contribution in [0.4, 0.5) is 15.9 Å². The van der Waals surface area contributed by atoms with Gasteiger partial charge in [-0.25, -0.2) is 14.4 Å². The monoisotopic (exact) mass is 449 g/mol. The predicted octanol–water partition coefficient (Wildman–Crippen LogP) is 3.34. The van der Waals surface area contributed by atoms with Gasteiger partial charge in [-0.3, -0.25) is 4.79 Å². The van der Waals surface area contributed by atoms with Crippen LogP contribution in [-0.4, -0.2) is 67.2 Å². The Kier molecular flexibility index (Phi) is 5.98. The van der Waals surface area contributed by atoms with Crippen LogP contribution >= 0.6 is 0 Å². The Morgan fingerprint density at radius 1 is 0.939 bits per heavy atom. The number of hydrogen-bond acceptors (Lipinski definition) is 6. The van der Waals surface area contributed by atoms with Crippen LogP contribution in [0.3, 0.4) is 0 Å². The van der Waals surface area contributed by atoms with Crippen molar-refractivity contribution < 1.29 is 13.9 Å². The first-order valence-electron chi connectivity index (χ1n) is 11.5. The van der Waals surface area contributed by atoms with E-state index < -0.39 is 0 Å². The van der Waals surface area contributed by atoms with Gasteiger partial charge in [-0.1, -0.05) is 24.3 Å². The number of para-hydroxylation sites is 3. The Labute approximate surface area is 192 Å². The fraction of sp³-hybridized carbons (Fsp3) is 0.400. The van der Waals surface area contributed by atoms with Crippen molar-refractivity contribution in [1.82, 2.24) is 14.9 Å². The molecule has 0 bridgehead atoms. The Morgan fingerprint density at radius 3 is 2.36 bits per heavy atom. The summed E-state index contributed by atoms with van der Waals surface area (Å²) in [7, 11) is 1.60. The van der Waals surface area contributed by atoms with Crippen LogP contribution in [0.15, 0.2) is 48.5 Å². The number of hydrogen-bond donors (Lipinski definition) is 0. The number of carbonyl (C=O) groups excluding carboxylic acids is 1. The second-order valence-corrected chi connectivity index (χ2v) is 8.59. The van der Waals surface area contributed by atoms with Crippen molar-refractivity contribution in [2.45, 2.75) is 12.8 Å². The quantitative estimate of drug-likeness (QED) is 0.609. The zero-order valence-corrected chi connectivity index (χ0v) is 18.8. The summed E-state index contributed by atoms with van der Waals surface area (Å²) >= 11 is 0. The number of anilines is 2. The van der Waals surface area contributed by atoms with Gasteiger partial charge in [0.2, 0.25) is 5.91 Å². The Hall–Kier alpha value is -3.42. The molecule has 0 radical (unpaired) electrons. The van der Waals surface area contributed by atoms with E-state index in [0.29, 0.717) is 50.1 Å². The summed E-state index contributed by atoms with van der Waals surface area (Å²) in [4.78, 5) is 28.8. The van der Waals surface area contributed by atoms with Crippen molar-refractivity contribution in [2.75, 3.05) is 56.2 Å². The lowest BCUT2D eigenvalue weighted by Crippen LogP contribution is -2.53. The van der Waals surface area contributed by atoms with Crippen molar-refractivity contribution in [3.8, 4) is 5.88 Å². The van der Waals surface area contributed by atoms with E-state index in [2.05, 4.69) is 9.88 Å². The zero-order valence-electron chi connectivity index (χ0n) is 18.8. The van der Waals surface area contributed by atoms with Gasteiger partial charge >= 0.3 is 0 Å². The largest absolute Gasteiger partial charge is 0.478 e. The zero-order chi connectivity index (χ0) is 22.8. The highest BCUT2D eigenvalue weighted by molar-refractivity contribution is 5.81. The van der Waals surface area contributed by atoms with Gasteiger partial charge in [0, 0.05) is 39.3 Å². The van der Waals surface area contributed by atoms with Gasteiger partial charge in [-0.15, -0.1) is 0 Å². The van der Waals surface area contributed by atoms with E-state index in [1.807, 2.05) is 40.1 Å². The first kappa shape index (κ1) is 21.4. The number of amides is 1. The molecule has 2 saturated heterocycles. The molecule has 5 rings (SSSR count). The Balaban J connectivity index is 1.27. The number of methoxy groups -OCH3 is 1. The summed E-state index contributed by atoms with van der Waals surface area (Å²) < 4.78 is 19.7. The number of benzene rings is 2. The molecular formula is C25H28FN5O2. The number of piperazine rings is 1. The maximum atomic E-state index is 14.1. The van der Waals surface area contributed by atoms with Gasteiger partial charge in [-0.05, 0) is 37.1 Å². The minimum atomic E-state index is -0.217. The van der Waals surface area contributed by atoms with E-state index in [0.717, 1.165) is 30.4 Å². The van der Waals surface area contributed by atoms with Gasteiger partial charge in [-0.2, -0.15) is 0 Å². The van der Waals surface area contributed by atoms with Crippen LogP contribution in [0.5, 0.6) is 5.88 Å². The molecule has 0 N–H and O–H groups in total. The molecule has 7 nitrogen and oxygen atoms in total. The molecule has 0 spiro atoms. The average molecular weight is 450 g/mol. The van der Waals surface area contributed by atoms with Crippen molar-refractivity contribution in [3.05, 3.63) is 54.3 Å². The highest BCUT2D eigenvalue weighted by Crippen LogP contribution is 2.31. The average Bonchev–Trinajstić information content (AvgIpc) is 2.88. The van der Waals surface area contributed by atoms with Crippen LogP contribution < -0.4 is 14.5 Å².